The smallest absolute Gasteiger partial charge is 0.233 e. The lowest BCUT2D eigenvalue weighted by atomic mass is 10.1. The molecule has 1 aromatic heterocycles. The van der Waals surface area contributed by atoms with Crippen molar-refractivity contribution in [1.82, 2.24) is 9.36 Å². The van der Waals surface area contributed by atoms with Crippen LogP contribution < -0.4 is 10.6 Å². The highest BCUT2D eigenvalue weighted by Gasteiger charge is 2.38. The maximum absolute atomic E-state index is 5.54. The summed E-state index contributed by atoms with van der Waals surface area (Å²) in [6, 6.07) is 0.724. The molecule has 2 aliphatic rings. The predicted molar refractivity (Wildman–Crippen MR) is 57.4 cm³/mol. The Hall–Kier alpha value is -0.840. The van der Waals surface area contributed by atoms with E-state index in [1.165, 1.54) is 37.2 Å². The minimum absolute atomic E-state index is 0.423. The van der Waals surface area contributed by atoms with Crippen LogP contribution in [0.3, 0.4) is 0 Å². The van der Waals surface area contributed by atoms with E-state index in [0.717, 1.165) is 23.6 Å². The van der Waals surface area contributed by atoms with E-state index < -0.39 is 0 Å². The van der Waals surface area contributed by atoms with Gasteiger partial charge < -0.3 is 10.6 Å². The third kappa shape index (κ3) is 1.19. The van der Waals surface area contributed by atoms with Crippen LogP contribution in [0.2, 0.25) is 0 Å². The van der Waals surface area contributed by atoms with Gasteiger partial charge in [0.05, 0.1) is 0 Å². The summed E-state index contributed by atoms with van der Waals surface area (Å²) in [5, 5.41) is 1.02. The van der Waals surface area contributed by atoms with E-state index in [2.05, 4.69) is 14.3 Å². The summed E-state index contributed by atoms with van der Waals surface area (Å²) < 4.78 is 4.04. The predicted octanol–water partition coefficient (Wildman–Crippen LogP) is 1.50. The minimum Gasteiger partial charge on any atom is -0.367 e. The molecule has 5 heteroatoms. The molecular formula is C9H14N4S. The molecule has 0 bridgehead atoms. The molecule has 2 fully saturated rings. The lowest BCUT2D eigenvalue weighted by molar-refractivity contribution is 0.541. The van der Waals surface area contributed by atoms with Gasteiger partial charge in [0.1, 0.15) is 0 Å². The average Bonchev–Trinajstić information content (AvgIpc) is 2.77. The molecule has 2 N–H and O–H groups in total. The number of fused-ring (bicyclic) bond motifs is 1. The number of rotatable bonds is 1. The largest absolute Gasteiger partial charge is 0.367 e. The fourth-order valence-electron chi connectivity index (χ4n) is 2.82. The fourth-order valence-corrected chi connectivity index (χ4v) is 3.50. The fraction of sp³-hybridized carbons (Fsp3) is 0.778. The van der Waals surface area contributed by atoms with E-state index in [9.17, 15) is 0 Å². The Morgan fingerprint density at radius 2 is 2.29 bits per heavy atom. The molecule has 1 aliphatic carbocycles. The Kier molecular flexibility index (Phi) is 1.87. The van der Waals surface area contributed by atoms with E-state index in [0.29, 0.717) is 5.95 Å². The molecule has 2 atom stereocenters. The van der Waals surface area contributed by atoms with E-state index in [4.69, 9.17) is 5.73 Å². The van der Waals surface area contributed by atoms with Gasteiger partial charge in [0.15, 0.2) is 0 Å². The van der Waals surface area contributed by atoms with Gasteiger partial charge in [-0.05, 0) is 25.2 Å². The highest BCUT2D eigenvalue weighted by atomic mass is 32.1. The summed E-state index contributed by atoms with van der Waals surface area (Å²) in [5.74, 6) is 1.33. The van der Waals surface area contributed by atoms with E-state index >= 15 is 0 Å². The van der Waals surface area contributed by atoms with Crippen LogP contribution in [0.15, 0.2) is 0 Å². The van der Waals surface area contributed by atoms with Crippen LogP contribution >= 0.6 is 11.5 Å². The molecular weight excluding hydrogens is 196 g/mol. The number of hydrogen-bond donors (Lipinski definition) is 1. The van der Waals surface area contributed by atoms with Crippen LogP contribution in [-0.4, -0.2) is 21.9 Å². The van der Waals surface area contributed by atoms with Crippen molar-refractivity contribution in [3.05, 3.63) is 0 Å². The number of anilines is 2. The Bertz CT molecular complexity index is 337. The van der Waals surface area contributed by atoms with Crippen molar-refractivity contribution in [1.29, 1.82) is 0 Å². The maximum atomic E-state index is 5.54. The summed E-state index contributed by atoms with van der Waals surface area (Å²) in [7, 11) is 0. The minimum atomic E-state index is 0.423. The quantitative estimate of drug-likeness (QED) is 0.763. The van der Waals surface area contributed by atoms with Crippen LogP contribution in [-0.2, 0) is 0 Å². The Morgan fingerprint density at radius 1 is 1.36 bits per heavy atom. The molecule has 1 aliphatic heterocycles. The molecule has 14 heavy (non-hydrogen) atoms. The van der Waals surface area contributed by atoms with Crippen molar-refractivity contribution in [2.75, 3.05) is 17.2 Å². The molecule has 2 unspecified atom stereocenters. The first kappa shape index (κ1) is 8.47. The van der Waals surface area contributed by atoms with Gasteiger partial charge in [-0.25, -0.2) is 0 Å². The third-order valence-corrected chi connectivity index (χ3v) is 4.20. The molecule has 1 saturated carbocycles. The topological polar surface area (TPSA) is 55.0 Å². The highest BCUT2D eigenvalue weighted by Crippen LogP contribution is 2.40. The first-order valence-electron chi connectivity index (χ1n) is 5.20. The zero-order valence-corrected chi connectivity index (χ0v) is 8.83. The summed E-state index contributed by atoms with van der Waals surface area (Å²) in [6.45, 7) is 1.14. The number of nitrogens with zero attached hydrogens (tertiary/aromatic N) is 3. The zero-order valence-electron chi connectivity index (χ0n) is 8.02. The Balaban J connectivity index is 1.85. The monoisotopic (exact) mass is 210 g/mol. The van der Waals surface area contributed by atoms with Gasteiger partial charge in [-0.15, -0.1) is 0 Å². The van der Waals surface area contributed by atoms with Crippen molar-refractivity contribution in [2.24, 2.45) is 5.92 Å². The van der Waals surface area contributed by atoms with Gasteiger partial charge in [0.25, 0.3) is 0 Å². The molecule has 0 amide bonds. The highest BCUT2D eigenvalue weighted by molar-refractivity contribution is 7.09. The molecule has 0 aromatic carbocycles. The van der Waals surface area contributed by atoms with Gasteiger partial charge >= 0.3 is 0 Å². The first-order chi connectivity index (χ1) is 6.84. The SMILES string of the molecule is Nc1nsc(N2CCC3CCCC32)n1. The van der Waals surface area contributed by atoms with E-state index in [-0.39, 0.29) is 0 Å². The standard InChI is InChI=1S/C9H14N4S/c10-8-11-9(14-12-8)13-5-4-6-2-1-3-7(6)13/h6-7H,1-5H2,(H2,10,12). The van der Waals surface area contributed by atoms with Crippen molar-refractivity contribution in [2.45, 2.75) is 31.7 Å². The second-order valence-corrected chi connectivity index (χ2v) is 4.91. The van der Waals surface area contributed by atoms with Crippen LogP contribution in [0.5, 0.6) is 0 Å². The first-order valence-corrected chi connectivity index (χ1v) is 5.98. The molecule has 1 saturated heterocycles. The molecule has 2 heterocycles. The van der Waals surface area contributed by atoms with Gasteiger partial charge in [-0.3, -0.25) is 0 Å². The van der Waals surface area contributed by atoms with Crippen LogP contribution in [0.1, 0.15) is 25.7 Å². The van der Waals surface area contributed by atoms with Gasteiger partial charge in [0, 0.05) is 24.1 Å². The number of nitrogens with two attached hydrogens (primary N) is 1. The molecule has 0 spiro atoms. The number of nitrogen functional groups attached to an aromatic ring is 1. The summed E-state index contributed by atoms with van der Waals surface area (Å²) in [6.07, 6.45) is 5.42. The molecule has 0 radical (unpaired) electrons. The van der Waals surface area contributed by atoms with Gasteiger partial charge in [0.2, 0.25) is 11.1 Å². The van der Waals surface area contributed by atoms with E-state index in [1.54, 1.807) is 0 Å². The lowest BCUT2D eigenvalue weighted by Gasteiger charge is -2.22. The van der Waals surface area contributed by atoms with Crippen molar-refractivity contribution < 1.29 is 0 Å². The maximum Gasteiger partial charge on any atom is 0.233 e. The van der Waals surface area contributed by atoms with Crippen molar-refractivity contribution in [3.8, 4) is 0 Å². The second kappa shape index (κ2) is 3.08. The lowest BCUT2D eigenvalue weighted by Crippen LogP contribution is -2.29. The summed E-state index contributed by atoms with van der Waals surface area (Å²) in [5.41, 5.74) is 5.54. The summed E-state index contributed by atoms with van der Waals surface area (Å²) in [4.78, 5) is 6.67. The van der Waals surface area contributed by atoms with Crippen molar-refractivity contribution >= 4 is 22.6 Å². The average molecular weight is 210 g/mol. The molecule has 1 aromatic rings. The Labute approximate surface area is 87.3 Å². The summed E-state index contributed by atoms with van der Waals surface area (Å²) >= 11 is 1.44. The molecule has 76 valence electrons. The van der Waals surface area contributed by atoms with Crippen LogP contribution in [0.25, 0.3) is 0 Å². The van der Waals surface area contributed by atoms with Crippen LogP contribution in [0.4, 0.5) is 11.1 Å². The van der Waals surface area contributed by atoms with E-state index in [1.807, 2.05) is 0 Å². The van der Waals surface area contributed by atoms with Crippen molar-refractivity contribution in [3.63, 3.8) is 0 Å². The molecule has 4 nitrogen and oxygen atoms in total. The van der Waals surface area contributed by atoms with Gasteiger partial charge in [-0.2, -0.15) is 9.36 Å². The molecule has 3 rings (SSSR count). The van der Waals surface area contributed by atoms with Crippen LogP contribution in [0, 0.1) is 5.92 Å². The zero-order chi connectivity index (χ0) is 9.54. The number of hydrogen-bond acceptors (Lipinski definition) is 5. The van der Waals surface area contributed by atoms with Gasteiger partial charge in [-0.1, -0.05) is 6.42 Å². The normalized spacial score (nSPS) is 31.0. The second-order valence-electron chi connectivity index (χ2n) is 4.18. The number of aromatic nitrogens is 2. The Morgan fingerprint density at radius 3 is 3.07 bits per heavy atom. The third-order valence-electron chi connectivity index (χ3n) is 3.44.